The van der Waals surface area contributed by atoms with Crippen molar-refractivity contribution >= 4 is 11.5 Å². The third kappa shape index (κ3) is 2.95. The molecule has 0 aromatic heterocycles. The van der Waals surface area contributed by atoms with Crippen LogP contribution in [0, 0.1) is 5.82 Å². The van der Waals surface area contributed by atoms with Crippen LogP contribution in [0.25, 0.3) is 0 Å². The normalized spacial score (nSPS) is 12.9. The predicted octanol–water partition coefficient (Wildman–Crippen LogP) is 3.24. The number of nitrogens with two attached hydrogens (primary N) is 1. The first-order valence-corrected chi connectivity index (χ1v) is 4.54. The SMILES string of the molecule is CCC(N)=Nc1cc(C(F)(F)F)ccc1F. The average Bonchev–Trinajstić information content (AvgIpc) is 2.19. The van der Waals surface area contributed by atoms with Crippen LogP contribution in [0.2, 0.25) is 0 Å². The van der Waals surface area contributed by atoms with Crippen LogP contribution in [0.3, 0.4) is 0 Å². The Balaban J connectivity index is 3.19. The van der Waals surface area contributed by atoms with Crippen molar-refractivity contribution in [3.8, 4) is 0 Å². The van der Waals surface area contributed by atoms with Crippen LogP contribution in [-0.4, -0.2) is 5.84 Å². The summed E-state index contributed by atoms with van der Waals surface area (Å²) in [4.78, 5) is 3.57. The van der Waals surface area contributed by atoms with Crippen molar-refractivity contribution in [2.45, 2.75) is 19.5 Å². The highest BCUT2D eigenvalue weighted by Gasteiger charge is 2.31. The van der Waals surface area contributed by atoms with E-state index in [4.69, 9.17) is 5.73 Å². The van der Waals surface area contributed by atoms with Crippen LogP contribution in [0.4, 0.5) is 23.2 Å². The van der Waals surface area contributed by atoms with Crippen molar-refractivity contribution in [1.29, 1.82) is 0 Å². The lowest BCUT2D eigenvalue weighted by Gasteiger charge is -2.07. The van der Waals surface area contributed by atoms with E-state index in [1.54, 1.807) is 6.92 Å². The van der Waals surface area contributed by atoms with Gasteiger partial charge in [0.05, 0.1) is 11.4 Å². The number of hydrogen-bond acceptors (Lipinski definition) is 1. The molecule has 0 fully saturated rings. The molecule has 0 radical (unpaired) electrons. The maximum absolute atomic E-state index is 13.1. The summed E-state index contributed by atoms with van der Waals surface area (Å²) < 4.78 is 50.1. The Bertz CT molecular complexity index is 410. The van der Waals surface area contributed by atoms with Gasteiger partial charge in [-0.25, -0.2) is 9.38 Å². The van der Waals surface area contributed by atoms with Gasteiger partial charge in [0.1, 0.15) is 11.5 Å². The van der Waals surface area contributed by atoms with Crippen molar-refractivity contribution < 1.29 is 17.6 Å². The van der Waals surface area contributed by atoms with Crippen molar-refractivity contribution in [2.24, 2.45) is 10.7 Å². The number of rotatable bonds is 2. The standard InChI is InChI=1S/C10H10F4N2/c1-2-9(15)16-8-5-6(10(12,13)14)3-4-7(8)11/h3-5H,2H2,1H3,(H2,15,16). The minimum Gasteiger partial charge on any atom is -0.387 e. The highest BCUT2D eigenvalue weighted by molar-refractivity contribution is 5.82. The molecule has 6 heteroatoms. The van der Waals surface area contributed by atoms with Gasteiger partial charge in [0.25, 0.3) is 0 Å². The largest absolute Gasteiger partial charge is 0.416 e. The number of halogens is 4. The summed E-state index contributed by atoms with van der Waals surface area (Å²) in [6.07, 6.45) is -4.17. The fourth-order valence-corrected chi connectivity index (χ4v) is 1.01. The molecule has 0 aliphatic carbocycles. The van der Waals surface area contributed by atoms with Crippen LogP contribution in [0.15, 0.2) is 23.2 Å². The summed E-state index contributed by atoms with van der Waals surface area (Å²) >= 11 is 0. The van der Waals surface area contributed by atoms with Crippen LogP contribution < -0.4 is 5.73 Å². The summed E-state index contributed by atoms with van der Waals surface area (Å²) in [6, 6.07) is 2.03. The molecule has 0 heterocycles. The summed E-state index contributed by atoms with van der Waals surface area (Å²) in [5, 5.41) is 0. The lowest BCUT2D eigenvalue weighted by atomic mass is 10.2. The molecule has 0 aliphatic rings. The third-order valence-corrected chi connectivity index (χ3v) is 1.90. The summed E-state index contributed by atoms with van der Waals surface area (Å²) in [6.45, 7) is 1.67. The van der Waals surface area contributed by atoms with Gasteiger partial charge in [0, 0.05) is 6.42 Å². The Morgan fingerprint density at radius 2 is 2.00 bits per heavy atom. The second-order valence-corrected chi connectivity index (χ2v) is 3.12. The van der Waals surface area contributed by atoms with Crippen molar-refractivity contribution in [2.75, 3.05) is 0 Å². The van der Waals surface area contributed by atoms with Gasteiger partial charge in [-0.15, -0.1) is 0 Å². The number of hydrogen-bond donors (Lipinski definition) is 1. The molecule has 1 aromatic carbocycles. The van der Waals surface area contributed by atoms with Gasteiger partial charge in [-0.2, -0.15) is 13.2 Å². The molecule has 0 bridgehead atoms. The van der Waals surface area contributed by atoms with Crippen molar-refractivity contribution in [3.05, 3.63) is 29.6 Å². The molecule has 88 valence electrons. The summed E-state index contributed by atoms with van der Waals surface area (Å²) in [5.41, 5.74) is 3.99. The van der Waals surface area contributed by atoms with E-state index < -0.39 is 23.2 Å². The molecule has 0 atom stereocenters. The maximum Gasteiger partial charge on any atom is 0.416 e. The van der Waals surface area contributed by atoms with Crippen LogP contribution >= 0.6 is 0 Å². The fraction of sp³-hybridized carbons (Fsp3) is 0.300. The molecule has 1 rings (SSSR count). The first-order chi connectivity index (χ1) is 7.34. The minimum atomic E-state index is -4.51. The molecular formula is C10H10F4N2. The smallest absolute Gasteiger partial charge is 0.387 e. The Morgan fingerprint density at radius 1 is 1.38 bits per heavy atom. The number of alkyl halides is 3. The van der Waals surface area contributed by atoms with Crippen LogP contribution in [0.1, 0.15) is 18.9 Å². The number of nitrogens with zero attached hydrogens (tertiary/aromatic N) is 1. The monoisotopic (exact) mass is 234 g/mol. The molecule has 2 nitrogen and oxygen atoms in total. The van der Waals surface area contributed by atoms with Gasteiger partial charge >= 0.3 is 6.18 Å². The molecule has 0 saturated heterocycles. The van der Waals surface area contributed by atoms with E-state index >= 15 is 0 Å². The number of aliphatic imine (C=N–C) groups is 1. The zero-order valence-electron chi connectivity index (χ0n) is 8.48. The first kappa shape index (κ1) is 12.5. The molecular weight excluding hydrogens is 224 g/mol. The minimum absolute atomic E-state index is 0.0817. The number of benzene rings is 1. The Morgan fingerprint density at radius 3 is 2.50 bits per heavy atom. The van der Waals surface area contributed by atoms with Crippen LogP contribution in [-0.2, 0) is 6.18 Å². The second kappa shape index (κ2) is 4.51. The molecule has 0 spiro atoms. The van der Waals surface area contributed by atoms with Crippen molar-refractivity contribution in [1.82, 2.24) is 0 Å². The van der Waals surface area contributed by atoms with E-state index in [1.165, 1.54) is 0 Å². The van der Waals surface area contributed by atoms with Crippen LogP contribution in [0.5, 0.6) is 0 Å². The highest BCUT2D eigenvalue weighted by atomic mass is 19.4. The molecule has 0 amide bonds. The van der Waals surface area contributed by atoms with Gasteiger partial charge < -0.3 is 5.73 Å². The lowest BCUT2D eigenvalue weighted by Crippen LogP contribution is -2.09. The highest BCUT2D eigenvalue weighted by Crippen LogP contribution is 2.32. The van der Waals surface area contributed by atoms with Gasteiger partial charge in [-0.1, -0.05) is 6.92 Å². The predicted molar refractivity (Wildman–Crippen MR) is 53.0 cm³/mol. The Hall–Kier alpha value is -1.59. The Labute approximate surface area is 89.8 Å². The second-order valence-electron chi connectivity index (χ2n) is 3.12. The van der Waals surface area contributed by atoms with E-state index in [-0.39, 0.29) is 5.84 Å². The lowest BCUT2D eigenvalue weighted by molar-refractivity contribution is -0.137. The van der Waals surface area contributed by atoms with E-state index in [0.717, 1.165) is 6.07 Å². The van der Waals surface area contributed by atoms with E-state index in [2.05, 4.69) is 4.99 Å². The zero-order valence-corrected chi connectivity index (χ0v) is 8.48. The van der Waals surface area contributed by atoms with E-state index in [9.17, 15) is 17.6 Å². The van der Waals surface area contributed by atoms with Crippen molar-refractivity contribution in [3.63, 3.8) is 0 Å². The molecule has 16 heavy (non-hydrogen) atoms. The molecule has 0 saturated carbocycles. The molecule has 1 aromatic rings. The van der Waals surface area contributed by atoms with E-state index in [0.29, 0.717) is 18.6 Å². The van der Waals surface area contributed by atoms with Gasteiger partial charge in [-0.05, 0) is 18.2 Å². The maximum atomic E-state index is 13.1. The quantitative estimate of drug-likeness (QED) is 0.476. The summed E-state index contributed by atoms with van der Waals surface area (Å²) in [5.74, 6) is -0.748. The van der Waals surface area contributed by atoms with Gasteiger partial charge in [0.15, 0.2) is 0 Å². The molecule has 0 unspecified atom stereocenters. The Kier molecular flexibility index (Phi) is 3.51. The topological polar surface area (TPSA) is 38.4 Å². The average molecular weight is 234 g/mol. The third-order valence-electron chi connectivity index (χ3n) is 1.90. The first-order valence-electron chi connectivity index (χ1n) is 4.54. The van der Waals surface area contributed by atoms with E-state index in [1.807, 2.05) is 0 Å². The number of amidine groups is 1. The zero-order chi connectivity index (χ0) is 12.3. The summed E-state index contributed by atoms with van der Waals surface area (Å²) in [7, 11) is 0. The van der Waals surface area contributed by atoms with Gasteiger partial charge in [-0.3, -0.25) is 0 Å². The fourth-order valence-electron chi connectivity index (χ4n) is 1.01. The van der Waals surface area contributed by atoms with Gasteiger partial charge in [0.2, 0.25) is 0 Å². The molecule has 0 aliphatic heterocycles. The molecule has 2 N–H and O–H groups in total.